The van der Waals surface area contributed by atoms with Crippen LogP contribution in [0.2, 0.25) is 0 Å². The van der Waals surface area contributed by atoms with Crippen LogP contribution in [0.1, 0.15) is 5.82 Å². The Kier molecular flexibility index (Phi) is 2.51. The van der Waals surface area contributed by atoms with Crippen LogP contribution in [0.5, 0.6) is 5.88 Å². The predicted molar refractivity (Wildman–Crippen MR) is 53.7 cm³/mol. The molecule has 0 spiro atoms. The SMILES string of the molecule is COc1nc(C)nc2c1ncn2CCO. The summed E-state index contributed by atoms with van der Waals surface area (Å²) in [5, 5.41) is 8.87. The summed E-state index contributed by atoms with van der Waals surface area (Å²) in [6.45, 7) is 2.31. The van der Waals surface area contributed by atoms with E-state index in [4.69, 9.17) is 9.84 Å². The van der Waals surface area contributed by atoms with Gasteiger partial charge in [-0.05, 0) is 6.92 Å². The number of nitrogens with zero attached hydrogens (tertiary/aromatic N) is 4. The van der Waals surface area contributed by atoms with Gasteiger partial charge < -0.3 is 14.4 Å². The normalized spacial score (nSPS) is 10.9. The van der Waals surface area contributed by atoms with Gasteiger partial charge in [0.1, 0.15) is 5.82 Å². The van der Waals surface area contributed by atoms with Crippen LogP contribution in [-0.2, 0) is 6.54 Å². The minimum absolute atomic E-state index is 0.0524. The molecule has 2 rings (SSSR count). The highest BCUT2D eigenvalue weighted by Gasteiger charge is 2.11. The molecule has 0 bridgehead atoms. The van der Waals surface area contributed by atoms with Gasteiger partial charge in [-0.2, -0.15) is 4.98 Å². The molecular weight excluding hydrogens is 196 g/mol. The molecule has 0 fully saturated rings. The van der Waals surface area contributed by atoms with Gasteiger partial charge in [0.25, 0.3) is 0 Å². The maximum atomic E-state index is 8.87. The quantitative estimate of drug-likeness (QED) is 0.776. The number of hydrogen-bond acceptors (Lipinski definition) is 5. The lowest BCUT2D eigenvalue weighted by atomic mass is 10.5. The third-order valence-corrected chi connectivity index (χ3v) is 2.08. The van der Waals surface area contributed by atoms with Crippen molar-refractivity contribution in [3.63, 3.8) is 0 Å². The topological polar surface area (TPSA) is 73.1 Å². The summed E-state index contributed by atoms with van der Waals surface area (Å²) in [4.78, 5) is 12.5. The average molecular weight is 208 g/mol. The van der Waals surface area contributed by atoms with Crippen molar-refractivity contribution in [2.45, 2.75) is 13.5 Å². The second kappa shape index (κ2) is 3.82. The molecule has 2 heterocycles. The Hall–Kier alpha value is -1.69. The van der Waals surface area contributed by atoms with Crippen LogP contribution in [0.15, 0.2) is 6.33 Å². The second-order valence-electron chi connectivity index (χ2n) is 3.11. The number of imidazole rings is 1. The number of methoxy groups -OCH3 is 1. The Bertz CT molecular complexity index is 480. The Morgan fingerprint density at radius 1 is 1.47 bits per heavy atom. The van der Waals surface area contributed by atoms with E-state index in [1.54, 1.807) is 24.9 Å². The highest BCUT2D eigenvalue weighted by Crippen LogP contribution is 2.19. The van der Waals surface area contributed by atoms with Crippen LogP contribution in [-0.4, -0.2) is 38.3 Å². The van der Waals surface area contributed by atoms with Crippen LogP contribution >= 0.6 is 0 Å². The van der Waals surface area contributed by atoms with Crippen LogP contribution in [0, 0.1) is 6.92 Å². The first-order valence-corrected chi connectivity index (χ1v) is 4.60. The lowest BCUT2D eigenvalue weighted by Gasteiger charge is -2.03. The van der Waals surface area contributed by atoms with Gasteiger partial charge in [0.2, 0.25) is 5.88 Å². The van der Waals surface area contributed by atoms with E-state index in [0.29, 0.717) is 29.4 Å². The summed E-state index contributed by atoms with van der Waals surface area (Å²) < 4.78 is 6.88. The van der Waals surface area contributed by atoms with Crippen molar-refractivity contribution in [3.8, 4) is 5.88 Å². The van der Waals surface area contributed by atoms with Crippen molar-refractivity contribution < 1.29 is 9.84 Å². The largest absolute Gasteiger partial charge is 0.479 e. The molecule has 0 amide bonds. The Balaban J connectivity index is 2.64. The molecule has 0 saturated carbocycles. The van der Waals surface area contributed by atoms with E-state index in [9.17, 15) is 0 Å². The smallest absolute Gasteiger partial charge is 0.245 e. The highest BCUT2D eigenvalue weighted by molar-refractivity contribution is 5.76. The standard InChI is InChI=1S/C9H12N4O2/c1-6-11-8-7(9(12-6)15-2)10-5-13(8)3-4-14/h5,14H,3-4H2,1-2H3. The summed E-state index contributed by atoms with van der Waals surface area (Å²) in [5.74, 6) is 1.09. The summed E-state index contributed by atoms with van der Waals surface area (Å²) >= 11 is 0. The summed E-state index contributed by atoms with van der Waals surface area (Å²) in [7, 11) is 1.55. The molecule has 0 radical (unpaired) electrons. The van der Waals surface area contributed by atoms with Crippen molar-refractivity contribution in [3.05, 3.63) is 12.2 Å². The first kappa shape index (κ1) is 9.85. The number of aryl methyl sites for hydroxylation is 1. The molecule has 15 heavy (non-hydrogen) atoms. The number of rotatable bonds is 3. The minimum atomic E-state index is 0.0524. The Morgan fingerprint density at radius 2 is 2.27 bits per heavy atom. The number of aromatic nitrogens is 4. The number of hydrogen-bond donors (Lipinski definition) is 1. The van der Waals surface area contributed by atoms with Crippen molar-refractivity contribution >= 4 is 11.2 Å². The summed E-state index contributed by atoms with van der Waals surface area (Å²) in [6, 6.07) is 0. The molecule has 0 aliphatic rings. The van der Waals surface area contributed by atoms with Gasteiger partial charge in [-0.15, -0.1) is 0 Å². The van der Waals surface area contributed by atoms with Crippen molar-refractivity contribution in [1.29, 1.82) is 0 Å². The molecule has 2 aromatic rings. The fraction of sp³-hybridized carbons (Fsp3) is 0.444. The third kappa shape index (κ3) is 1.63. The second-order valence-corrected chi connectivity index (χ2v) is 3.11. The van der Waals surface area contributed by atoms with Gasteiger partial charge >= 0.3 is 0 Å². The number of fused-ring (bicyclic) bond motifs is 1. The molecule has 0 unspecified atom stereocenters. The molecular formula is C9H12N4O2. The minimum Gasteiger partial charge on any atom is -0.479 e. The van der Waals surface area contributed by atoms with Crippen molar-refractivity contribution in [2.75, 3.05) is 13.7 Å². The zero-order chi connectivity index (χ0) is 10.8. The maximum absolute atomic E-state index is 8.87. The van der Waals surface area contributed by atoms with Gasteiger partial charge in [0, 0.05) is 6.54 Å². The van der Waals surface area contributed by atoms with Gasteiger partial charge in [-0.3, -0.25) is 0 Å². The van der Waals surface area contributed by atoms with Crippen LogP contribution in [0.4, 0.5) is 0 Å². The van der Waals surface area contributed by atoms with Gasteiger partial charge in [0.15, 0.2) is 11.2 Å². The van der Waals surface area contributed by atoms with Crippen LogP contribution in [0.25, 0.3) is 11.2 Å². The van der Waals surface area contributed by atoms with Crippen molar-refractivity contribution in [2.24, 2.45) is 0 Å². The van der Waals surface area contributed by atoms with E-state index in [-0.39, 0.29) is 6.61 Å². The molecule has 2 aromatic heterocycles. The van der Waals surface area contributed by atoms with E-state index in [2.05, 4.69) is 15.0 Å². The molecule has 0 atom stereocenters. The number of aliphatic hydroxyl groups is 1. The zero-order valence-corrected chi connectivity index (χ0v) is 8.64. The first-order chi connectivity index (χ1) is 7.26. The first-order valence-electron chi connectivity index (χ1n) is 4.60. The van der Waals surface area contributed by atoms with Crippen molar-refractivity contribution in [1.82, 2.24) is 19.5 Å². The van der Waals surface area contributed by atoms with E-state index >= 15 is 0 Å². The maximum Gasteiger partial charge on any atom is 0.245 e. The Morgan fingerprint density at radius 3 is 2.93 bits per heavy atom. The molecule has 0 aliphatic carbocycles. The molecule has 6 nitrogen and oxygen atoms in total. The van der Waals surface area contributed by atoms with E-state index in [0.717, 1.165) is 0 Å². The molecule has 0 aliphatic heterocycles. The van der Waals surface area contributed by atoms with Gasteiger partial charge in [-0.1, -0.05) is 0 Å². The molecule has 80 valence electrons. The van der Waals surface area contributed by atoms with E-state index < -0.39 is 0 Å². The molecule has 0 aromatic carbocycles. The molecule has 1 N–H and O–H groups in total. The van der Waals surface area contributed by atoms with E-state index in [1.165, 1.54) is 0 Å². The fourth-order valence-corrected chi connectivity index (χ4v) is 1.44. The molecule has 6 heteroatoms. The number of aliphatic hydroxyl groups excluding tert-OH is 1. The highest BCUT2D eigenvalue weighted by atomic mass is 16.5. The van der Waals surface area contributed by atoms with Gasteiger partial charge in [-0.25, -0.2) is 9.97 Å². The van der Waals surface area contributed by atoms with Crippen LogP contribution < -0.4 is 4.74 Å². The summed E-state index contributed by atoms with van der Waals surface area (Å²) in [6.07, 6.45) is 1.62. The lowest BCUT2D eigenvalue weighted by molar-refractivity contribution is 0.277. The lowest BCUT2D eigenvalue weighted by Crippen LogP contribution is -2.03. The van der Waals surface area contributed by atoms with Gasteiger partial charge in [0.05, 0.1) is 20.0 Å². The van der Waals surface area contributed by atoms with Crippen LogP contribution in [0.3, 0.4) is 0 Å². The average Bonchev–Trinajstić information content (AvgIpc) is 2.61. The Labute approximate surface area is 86.6 Å². The number of ether oxygens (including phenoxy) is 1. The fourth-order valence-electron chi connectivity index (χ4n) is 1.44. The predicted octanol–water partition coefficient (Wildman–Crippen LogP) is 0.136. The monoisotopic (exact) mass is 208 g/mol. The zero-order valence-electron chi connectivity index (χ0n) is 8.64. The molecule has 0 saturated heterocycles. The summed E-state index contributed by atoms with van der Waals surface area (Å²) in [5.41, 5.74) is 1.31. The van der Waals surface area contributed by atoms with E-state index in [1.807, 2.05) is 0 Å². The third-order valence-electron chi connectivity index (χ3n) is 2.08.